The van der Waals surface area contributed by atoms with Gasteiger partial charge in [-0.05, 0) is 17.2 Å². The van der Waals surface area contributed by atoms with Crippen LogP contribution in [0, 0.1) is 5.92 Å². The molecular weight excluding hydrogens is 256 g/mol. The molecule has 0 radical (unpaired) electrons. The topological polar surface area (TPSA) is 17.1 Å². The minimum absolute atomic E-state index is 0.0447. The van der Waals surface area contributed by atoms with Crippen LogP contribution in [-0.4, -0.2) is 5.78 Å². The lowest BCUT2D eigenvalue weighted by atomic mass is 10.0. The standard InChI is InChI=1S/C20H16O/c21-20(15-10-16-6-4-5-7-16)19-13-11-18(12-14-19)17-8-2-1-3-9-17/h1-16H/b15-10+. The van der Waals surface area contributed by atoms with Crippen molar-refractivity contribution in [3.63, 3.8) is 0 Å². The zero-order valence-electron chi connectivity index (χ0n) is 11.6. The van der Waals surface area contributed by atoms with E-state index in [2.05, 4.69) is 24.3 Å². The number of rotatable bonds is 4. The molecule has 1 aliphatic carbocycles. The van der Waals surface area contributed by atoms with Gasteiger partial charge in [0.05, 0.1) is 0 Å². The van der Waals surface area contributed by atoms with Crippen molar-refractivity contribution < 1.29 is 4.79 Å². The summed E-state index contributed by atoms with van der Waals surface area (Å²) in [5.41, 5.74) is 3.00. The molecule has 2 aromatic rings. The summed E-state index contributed by atoms with van der Waals surface area (Å²) in [7, 11) is 0. The van der Waals surface area contributed by atoms with Crippen molar-refractivity contribution in [2.75, 3.05) is 0 Å². The molecule has 2 aromatic carbocycles. The number of carbonyl (C=O) groups is 1. The van der Waals surface area contributed by atoms with E-state index in [-0.39, 0.29) is 11.7 Å². The molecule has 0 aromatic heterocycles. The average molecular weight is 272 g/mol. The maximum atomic E-state index is 12.1. The smallest absolute Gasteiger partial charge is 0.185 e. The molecule has 0 atom stereocenters. The first kappa shape index (κ1) is 13.3. The molecule has 3 rings (SSSR count). The Morgan fingerprint density at radius 3 is 2.10 bits per heavy atom. The zero-order chi connectivity index (χ0) is 14.5. The molecule has 0 aliphatic heterocycles. The first-order valence-electron chi connectivity index (χ1n) is 7.06. The highest BCUT2D eigenvalue weighted by atomic mass is 16.1. The zero-order valence-corrected chi connectivity index (χ0v) is 11.6. The molecule has 0 bridgehead atoms. The second kappa shape index (κ2) is 6.19. The minimum atomic E-state index is 0.0447. The maximum Gasteiger partial charge on any atom is 0.185 e. The molecule has 0 spiro atoms. The number of ketones is 1. The van der Waals surface area contributed by atoms with Crippen LogP contribution in [0.1, 0.15) is 10.4 Å². The van der Waals surface area contributed by atoms with Crippen LogP contribution in [0.4, 0.5) is 0 Å². The normalized spacial score (nSPS) is 14.1. The first-order chi connectivity index (χ1) is 10.3. The molecule has 0 heterocycles. The molecule has 0 amide bonds. The highest BCUT2D eigenvalue weighted by molar-refractivity contribution is 6.04. The lowest BCUT2D eigenvalue weighted by molar-refractivity contribution is 0.104. The van der Waals surface area contributed by atoms with Gasteiger partial charge in [-0.3, -0.25) is 4.79 Å². The van der Waals surface area contributed by atoms with Crippen LogP contribution >= 0.6 is 0 Å². The van der Waals surface area contributed by atoms with Gasteiger partial charge in [-0.1, -0.05) is 85.0 Å². The molecule has 21 heavy (non-hydrogen) atoms. The summed E-state index contributed by atoms with van der Waals surface area (Å²) >= 11 is 0. The van der Waals surface area contributed by atoms with Gasteiger partial charge >= 0.3 is 0 Å². The predicted molar refractivity (Wildman–Crippen MR) is 87.1 cm³/mol. The van der Waals surface area contributed by atoms with Crippen molar-refractivity contribution in [3.8, 4) is 11.1 Å². The van der Waals surface area contributed by atoms with Crippen LogP contribution in [0.5, 0.6) is 0 Å². The number of hydrogen-bond donors (Lipinski definition) is 0. The Hall–Kier alpha value is -2.67. The monoisotopic (exact) mass is 272 g/mol. The summed E-state index contributed by atoms with van der Waals surface area (Å²) < 4.78 is 0. The predicted octanol–water partition coefficient (Wildman–Crippen LogP) is 4.83. The van der Waals surface area contributed by atoms with E-state index in [1.54, 1.807) is 6.08 Å². The van der Waals surface area contributed by atoms with Crippen molar-refractivity contribution in [2.24, 2.45) is 5.92 Å². The Kier molecular flexibility index (Phi) is 3.92. The van der Waals surface area contributed by atoms with Crippen LogP contribution in [0.15, 0.2) is 91.1 Å². The summed E-state index contributed by atoms with van der Waals surface area (Å²) in [6.07, 6.45) is 11.7. The molecule has 0 saturated heterocycles. The summed E-state index contributed by atoms with van der Waals surface area (Å²) in [6, 6.07) is 17.9. The van der Waals surface area contributed by atoms with E-state index in [0.717, 1.165) is 16.7 Å². The van der Waals surface area contributed by atoms with Crippen LogP contribution < -0.4 is 0 Å². The first-order valence-corrected chi connectivity index (χ1v) is 7.06. The largest absolute Gasteiger partial charge is 0.289 e. The Morgan fingerprint density at radius 2 is 1.43 bits per heavy atom. The van der Waals surface area contributed by atoms with E-state index in [4.69, 9.17) is 0 Å². The van der Waals surface area contributed by atoms with Crippen LogP contribution in [-0.2, 0) is 0 Å². The highest BCUT2D eigenvalue weighted by Gasteiger charge is 2.04. The third-order valence-corrected chi connectivity index (χ3v) is 3.52. The minimum Gasteiger partial charge on any atom is -0.289 e. The lowest BCUT2D eigenvalue weighted by Crippen LogP contribution is -1.95. The molecule has 0 fully saturated rings. The van der Waals surface area contributed by atoms with Gasteiger partial charge in [-0.25, -0.2) is 0 Å². The van der Waals surface area contributed by atoms with Gasteiger partial charge in [0.25, 0.3) is 0 Å². The number of carbonyl (C=O) groups excluding carboxylic acids is 1. The van der Waals surface area contributed by atoms with Gasteiger partial charge in [0, 0.05) is 11.5 Å². The van der Waals surface area contributed by atoms with E-state index in [0.29, 0.717) is 0 Å². The molecule has 0 saturated carbocycles. The third-order valence-electron chi connectivity index (χ3n) is 3.52. The van der Waals surface area contributed by atoms with Gasteiger partial charge < -0.3 is 0 Å². The van der Waals surface area contributed by atoms with Crippen LogP contribution in [0.2, 0.25) is 0 Å². The van der Waals surface area contributed by atoms with E-state index in [1.165, 1.54) is 0 Å². The molecule has 1 nitrogen and oxygen atoms in total. The second-order valence-corrected chi connectivity index (χ2v) is 5.01. The third kappa shape index (κ3) is 3.26. The Labute approximate surface area is 124 Å². The quantitative estimate of drug-likeness (QED) is 0.575. The fraction of sp³-hybridized carbons (Fsp3) is 0.0500. The van der Waals surface area contributed by atoms with Gasteiger partial charge in [0.15, 0.2) is 5.78 Å². The van der Waals surface area contributed by atoms with Gasteiger partial charge in [-0.2, -0.15) is 0 Å². The van der Waals surface area contributed by atoms with Crippen LogP contribution in [0.25, 0.3) is 11.1 Å². The van der Waals surface area contributed by atoms with E-state index < -0.39 is 0 Å². The maximum absolute atomic E-state index is 12.1. The Bertz CT molecular complexity index is 691. The van der Waals surface area contributed by atoms with E-state index in [9.17, 15) is 4.79 Å². The van der Waals surface area contributed by atoms with E-state index >= 15 is 0 Å². The number of hydrogen-bond acceptors (Lipinski definition) is 1. The Morgan fingerprint density at radius 1 is 0.810 bits per heavy atom. The summed E-state index contributed by atoms with van der Waals surface area (Å²) in [5.74, 6) is 0.292. The lowest BCUT2D eigenvalue weighted by Gasteiger charge is -2.02. The molecular formula is C20H16O. The van der Waals surface area contributed by atoms with Gasteiger partial charge in [0.1, 0.15) is 0 Å². The summed E-state index contributed by atoms with van der Waals surface area (Å²) in [5, 5.41) is 0. The van der Waals surface area contributed by atoms with Crippen molar-refractivity contribution in [3.05, 3.63) is 96.6 Å². The number of allylic oxidation sites excluding steroid dienone is 6. The SMILES string of the molecule is O=C(/C=C/C1C=CC=C1)c1ccc(-c2ccccc2)cc1. The fourth-order valence-corrected chi connectivity index (χ4v) is 2.33. The van der Waals surface area contributed by atoms with Crippen molar-refractivity contribution in [1.82, 2.24) is 0 Å². The fourth-order valence-electron chi connectivity index (χ4n) is 2.33. The van der Waals surface area contributed by atoms with Crippen LogP contribution in [0.3, 0.4) is 0 Å². The molecule has 1 heteroatoms. The van der Waals surface area contributed by atoms with Crippen molar-refractivity contribution in [2.45, 2.75) is 0 Å². The summed E-state index contributed by atoms with van der Waals surface area (Å²) in [4.78, 5) is 12.1. The summed E-state index contributed by atoms with van der Waals surface area (Å²) in [6.45, 7) is 0. The van der Waals surface area contributed by atoms with Crippen molar-refractivity contribution >= 4 is 5.78 Å². The highest BCUT2D eigenvalue weighted by Crippen LogP contribution is 2.19. The Balaban J connectivity index is 1.73. The average Bonchev–Trinajstić information content (AvgIpc) is 3.07. The van der Waals surface area contributed by atoms with Gasteiger partial charge in [0.2, 0.25) is 0 Å². The van der Waals surface area contributed by atoms with Gasteiger partial charge in [-0.15, -0.1) is 0 Å². The molecule has 1 aliphatic rings. The molecule has 102 valence electrons. The molecule has 0 N–H and O–H groups in total. The second-order valence-electron chi connectivity index (χ2n) is 5.01. The van der Waals surface area contributed by atoms with Crippen molar-refractivity contribution in [1.29, 1.82) is 0 Å². The van der Waals surface area contributed by atoms with E-state index in [1.807, 2.05) is 60.7 Å². The molecule has 0 unspecified atom stereocenters. The number of benzene rings is 2.